The maximum absolute atomic E-state index is 12.7. The molecule has 0 saturated carbocycles. The third kappa shape index (κ3) is 30.1. The Bertz CT molecular complexity index is 1320. The highest BCUT2D eigenvalue weighted by molar-refractivity contribution is 5.70. The molecule has 0 aromatic carbocycles. The fourth-order valence-electron chi connectivity index (χ4n) is 5.77. The van der Waals surface area contributed by atoms with Gasteiger partial charge >= 0.3 is 11.9 Å². The highest BCUT2D eigenvalue weighted by atomic mass is 16.7. The number of esters is 2. The summed E-state index contributed by atoms with van der Waals surface area (Å²) in [5, 5.41) is 40.0. The van der Waals surface area contributed by atoms with Crippen LogP contribution in [0, 0.1) is 0 Å². The molecule has 0 radical (unpaired) electrons. The Kier molecular flexibility index (Phi) is 34.9. The Hall–Kier alpha value is -3.64. The number of hydrogen-bond acceptors (Lipinski definition) is 10. The standard InChI is InChI=1S/C49H76O10/c1-3-5-7-9-11-13-15-17-19-20-21-22-24-25-27-29-31-33-35-37-44(51)56-40-42(41-57-49-48(55)47(54)46(53)43(39-50)59-49)58-45(52)38-36-34-32-30-28-26-23-18-16-14-12-10-8-6-4-2/h6,8,10-14,16-19,21-23,25,27,31,33,42-43,46-50,53-55H,3-5,7,9,15,20,24,26,28-30,32,34-41H2,1-2H3/b8-6+,12-10+,13-11+,16-14+,19-17+,22-21+,23-18+,27-25+,33-31+/t42-,43-,46+,47?,48?,49-/m0/s1. The van der Waals surface area contributed by atoms with E-state index < -0.39 is 55.4 Å². The molecule has 2 unspecified atom stereocenters. The molecule has 0 aromatic heterocycles. The quantitative estimate of drug-likeness (QED) is 0.0214. The third-order valence-electron chi connectivity index (χ3n) is 9.25. The number of aliphatic hydroxyl groups excluding tert-OH is 4. The summed E-state index contributed by atoms with van der Waals surface area (Å²) in [6.07, 6.45) is 45.3. The molecule has 10 nitrogen and oxygen atoms in total. The van der Waals surface area contributed by atoms with Gasteiger partial charge in [-0.3, -0.25) is 9.59 Å². The smallest absolute Gasteiger partial charge is 0.306 e. The first-order valence-electron chi connectivity index (χ1n) is 22.0. The van der Waals surface area contributed by atoms with Gasteiger partial charge in [-0.1, -0.05) is 155 Å². The van der Waals surface area contributed by atoms with Crippen LogP contribution in [0.2, 0.25) is 0 Å². The number of aliphatic hydroxyl groups is 4. The average Bonchev–Trinajstić information content (AvgIpc) is 3.23. The number of allylic oxidation sites excluding steroid dienone is 18. The van der Waals surface area contributed by atoms with E-state index in [1.54, 1.807) is 0 Å². The van der Waals surface area contributed by atoms with Crippen molar-refractivity contribution in [3.8, 4) is 0 Å². The van der Waals surface area contributed by atoms with Crippen molar-refractivity contribution in [3.05, 3.63) is 109 Å². The summed E-state index contributed by atoms with van der Waals surface area (Å²) in [6, 6.07) is 0. The van der Waals surface area contributed by atoms with Gasteiger partial charge in [0.25, 0.3) is 0 Å². The molecule has 10 heteroatoms. The molecule has 1 rings (SSSR count). The molecule has 0 amide bonds. The molecule has 6 atom stereocenters. The van der Waals surface area contributed by atoms with Crippen LogP contribution in [-0.4, -0.2) is 89.0 Å². The van der Waals surface area contributed by atoms with E-state index >= 15 is 0 Å². The minimum Gasteiger partial charge on any atom is -0.462 e. The summed E-state index contributed by atoms with van der Waals surface area (Å²) < 4.78 is 22.0. The number of carbonyl (C=O) groups is 2. The Labute approximate surface area is 355 Å². The number of ether oxygens (including phenoxy) is 4. The molecule has 0 aromatic rings. The number of unbranched alkanes of at least 4 members (excludes halogenated alkanes) is 8. The van der Waals surface area contributed by atoms with Gasteiger partial charge in [0.2, 0.25) is 0 Å². The maximum Gasteiger partial charge on any atom is 0.306 e. The lowest BCUT2D eigenvalue weighted by atomic mass is 9.99. The minimum atomic E-state index is -1.62. The fourth-order valence-corrected chi connectivity index (χ4v) is 5.77. The number of rotatable bonds is 34. The van der Waals surface area contributed by atoms with E-state index in [0.29, 0.717) is 12.8 Å². The Morgan fingerprint density at radius 1 is 0.559 bits per heavy atom. The Morgan fingerprint density at radius 3 is 1.73 bits per heavy atom. The summed E-state index contributed by atoms with van der Waals surface area (Å²) in [4.78, 5) is 25.3. The highest BCUT2D eigenvalue weighted by Gasteiger charge is 2.44. The molecule has 59 heavy (non-hydrogen) atoms. The normalized spacial score (nSPS) is 21.1. The van der Waals surface area contributed by atoms with E-state index in [1.165, 1.54) is 25.7 Å². The van der Waals surface area contributed by atoms with Crippen LogP contribution in [0.4, 0.5) is 0 Å². The predicted octanol–water partition coefficient (Wildman–Crippen LogP) is 9.33. The summed E-state index contributed by atoms with van der Waals surface area (Å²) >= 11 is 0. The van der Waals surface area contributed by atoms with E-state index in [0.717, 1.165) is 64.2 Å². The molecule has 0 bridgehead atoms. The summed E-state index contributed by atoms with van der Waals surface area (Å²) in [7, 11) is 0. The molecule has 332 valence electrons. The molecule has 1 aliphatic heterocycles. The van der Waals surface area contributed by atoms with Gasteiger partial charge < -0.3 is 39.4 Å². The lowest BCUT2D eigenvalue weighted by molar-refractivity contribution is -0.305. The maximum atomic E-state index is 12.7. The van der Waals surface area contributed by atoms with Gasteiger partial charge in [0.05, 0.1) is 13.2 Å². The first kappa shape index (κ1) is 53.4. The van der Waals surface area contributed by atoms with Crippen LogP contribution in [0.5, 0.6) is 0 Å². The zero-order valence-corrected chi connectivity index (χ0v) is 35.9. The highest BCUT2D eigenvalue weighted by Crippen LogP contribution is 2.22. The molecule has 1 saturated heterocycles. The van der Waals surface area contributed by atoms with Gasteiger partial charge in [-0.25, -0.2) is 0 Å². The van der Waals surface area contributed by atoms with E-state index in [9.17, 15) is 30.0 Å². The van der Waals surface area contributed by atoms with Gasteiger partial charge in [0, 0.05) is 12.8 Å². The predicted molar refractivity (Wildman–Crippen MR) is 237 cm³/mol. The van der Waals surface area contributed by atoms with Crippen LogP contribution in [0.3, 0.4) is 0 Å². The Morgan fingerprint density at radius 2 is 1.10 bits per heavy atom. The molecular weight excluding hydrogens is 749 g/mol. The molecule has 1 aliphatic rings. The zero-order chi connectivity index (χ0) is 43.0. The molecule has 1 heterocycles. The van der Waals surface area contributed by atoms with Crippen molar-refractivity contribution in [1.29, 1.82) is 0 Å². The minimum absolute atomic E-state index is 0.139. The molecule has 1 fully saturated rings. The van der Waals surface area contributed by atoms with Crippen LogP contribution in [0.1, 0.15) is 129 Å². The van der Waals surface area contributed by atoms with Crippen molar-refractivity contribution in [1.82, 2.24) is 0 Å². The lowest BCUT2D eigenvalue weighted by Gasteiger charge is -2.39. The topological polar surface area (TPSA) is 152 Å². The van der Waals surface area contributed by atoms with Gasteiger partial charge in [0.1, 0.15) is 31.0 Å². The van der Waals surface area contributed by atoms with Crippen molar-refractivity contribution >= 4 is 11.9 Å². The van der Waals surface area contributed by atoms with Crippen molar-refractivity contribution in [3.63, 3.8) is 0 Å². The van der Waals surface area contributed by atoms with Gasteiger partial charge in [-0.15, -0.1) is 0 Å². The van der Waals surface area contributed by atoms with Gasteiger partial charge in [-0.2, -0.15) is 0 Å². The van der Waals surface area contributed by atoms with Crippen LogP contribution >= 0.6 is 0 Å². The second kappa shape index (κ2) is 38.6. The Balaban J connectivity index is 2.43. The number of carbonyl (C=O) groups excluding carboxylic acids is 2. The van der Waals surface area contributed by atoms with E-state index in [-0.39, 0.29) is 26.1 Å². The van der Waals surface area contributed by atoms with Crippen molar-refractivity contribution in [2.24, 2.45) is 0 Å². The lowest BCUT2D eigenvalue weighted by Crippen LogP contribution is -2.59. The monoisotopic (exact) mass is 825 g/mol. The second-order valence-electron chi connectivity index (χ2n) is 14.5. The SMILES string of the molecule is CC/C=C/C=C/C=C/C=C/CCCCCCCC(=O)O[C@@H](COC(=O)CC/C=C/C/C=C/C/C=C/C/C=C/C/C=C/CCCCC)CO[C@H]1O[C@@H](CO)[C@@H](O)C(O)C1O. The van der Waals surface area contributed by atoms with Crippen LogP contribution in [0.25, 0.3) is 0 Å². The van der Waals surface area contributed by atoms with Crippen LogP contribution in [0.15, 0.2) is 109 Å². The largest absolute Gasteiger partial charge is 0.462 e. The third-order valence-corrected chi connectivity index (χ3v) is 9.25. The van der Waals surface area contributed by atoms with E-state index in [4.69, 9.17) is 18.9 Å². The van der Waals surface area contributed by atoms with Crippen molar-refractivity contribution in [2.45, 2.75) is 166 Å². The summed E-state index contributed by atoms with van der Waals surface area (Å²) in [6.45, 7) is 3.13. The second-order valence-corrected chi connectivity index (χ2v) is 14.5. The van der Waals surface area contributed by atoms with Crippen LogP contribution in [-0.2, 0) is 28.5 Å². The first-order valence-corrected chi connectivity index (χ1v) is 22.0. The van der Waals surface area contributed by atoms with Gasteiger partial charge in [-0.05, 0) is 70.6 Å². The molecular formula is C49H76O10. The first-order chi connectivity index (χ1) is 28.8. The average molecular weight is 825 g/mol. The molecule has 0 spiro atoms. The fraction of sp³-hybridized carbons (Fsp3) is 0.592. The summed E-state index contributed by atoms with van der Waals surface area (Å²) in [5.41, 5.74) is 0. The number of hydrogen-bond donors (Lipinski definition) is 4. The van der Waals surface area contributed by atoms with Gasteiger partial charge in [0.15, 0.2) is 12.4 Å². The molecule has 4 N–H and O–H groups in total. The molecule has 0 aliphatic carbocycles. The van der Waals surface area contributed by atoms with E-state index in [1.807, 2.05) is 48.6 Å². The van der Waals surface area contributed by atoms with Crippen LogP contribution < -0.4 is 0 Å². The van der Waals surface area contributed by atoms with Crippen molar-refractivity contribution < 1.29 is 49.0 Å². The zero-order valence-electron chi connectivity index (χ0n) is 35.9. The van der Waals surface area contributed by atoms with Crippen molar-refractivity contribution in [2.75, 3.05) is 19.8 Å². The summed E-state index contributed by atoms with van der Waals surface area (Å²) in [5.74, 6) is -0.944. The van der Waals surface area contributed by atoms with E-state index in [2.05, 4.69) is 74.6 Å².